The van der Waals surface area contributed by atoms with Crippen molar-refractivity contribution in [1.29, 1.82) is 0 Å². The van der Waals surface area contributed by atoms with Crippen molar-refractivity contribution in [2.75, 3.05) is 0 Å². The van der Waals surface area contributed by atoms with Crippen molar-refractivity contribution in [2.45, 2.75) is 19.4 Å². The van der Waals surface area contributed by atoms with Crippen molar-refractivity contribution >= 4 is 5.97 Å². The van der Waals surface area contributed by atoms with Crippen LogP contribution in [0, 0.1) is 0 Å². The Balaban J connectivity index is 1.62. The van der Waals surface area contributed by atoms with E-state index in [-0.39, 0.29) is 6.42 Å². The van der Waals surface area contributed by atoms with Gasteiger partial charge < -0.3 is 14.6 Å². The minimum absolute atomic E-state index is 0.129. The number of para-hydroxylation sites is 2. The fourth-order valence-electron chi connectivity index (χ4n) is 2.50. The Hall–Kier alpha value is -3.27. The summed E-state index contributed by atoms with van der Waals surface area (Å²) in [5, 5.41) is 8.73. The molecule has 4 heteroatoms. The maximum Gasteiger partial charge on any atom is 0.303 e. The van der Waals surface area contributed by atoms with Gasteiger partial charge in [-0.05, 0) is 42.3 Å². The number of carbonyl (C=O) groups is 1. The quantitative estimate of drug-likeness (QED) is 0.617. The van der Waals surface area contributed by atoms with Gasteiger partial charge in [0.1, 0.15) is 23.9 Å². The first-order valence-electron chi connectivity index (χ1n) is 8.45. The van der Waals surface area contributed by atoms with Crippen LogP contribution in [-0.4, -0.2) is 11.1 Å². The molecule has 0 saturated carbocycles. The topological polar surface area (TPSA) is 55.8 Å². The Morgan fingerprint density at radius 1 is 0.808 bits per heavy atom. The van der Waals surface area contributed by atoms with E-state index in [0.29, 0.717) is 13.0 Å². The highest BCUT2D eigenvalue weighted by Gasteiger charge is 2.06. The van der Waals surface area contributed by atoms with Gasteiger partial charge in [-0.1, -0.05) is 48.5 Å². The third-order valence-electron chi connectivity index (χ3n) is 3.89. The zero-order valence-electron chi connectivity index (χ0n) is 14.3. The van der Waals surface area contributed by atoms with Crippen molar-refractivity contribution in [3.8, 4) is 17.2 Å². The van der Waals surface area contributed by atoms with E-state index in [1.807, 2.05) is 78.9 Å². The molecule has 0 radical (unpaired) electrons. The van der Waals surface area contributed by atoms with Crippen molar-refractivity contribution in [3.63, 3.8) is 0 Å². The Labute approximate surface area is 152 Å². The molecule has 1 N–H and O–H groups in total. The number of benzene rings is 3. The molecule has 132 valence electrons. The molecule has 0 aliphatic heterocycles. The molecule has 0 saturated heterocycles. The van der Waals surface area contributed by atoms with Gasteiger partial charge in [-0.3, -0.25) is 4.79 Å². The largest absolute Gasteiger partial charge is 0.489 e. The first-order chi connectivity index (χ1) is 12.7. The van der Waals surface area contributed by atoms with Crippen molar-refractivity contribution < 1.29 is 19.4 Å². The van der Waals surface area contributed by atoms with Crippen LogP contribution in [0.25, 0.3) is 0 Å². The van der Waals surface area contributed by atoms with E-state index < -0.39 is 5.97 Å². The normalized spacial score (nSPS) is 10.3. The maximum absolute atomic E-state index is 10.6. The van der Waals surface area contributed by atoms with Crippen LogP contribution in [0.2, 0.25) is 0 Å². The number of rotatable bonds is 8. The number of carboxylic acids is 1. The van der Waals surface area contributed by atoms with Gasteiger partial charge in [-0.15, -0.1) is 0 Å². The second-order valence-corrected chi connectivity index (χ2v) is 5.85. The van der Waals surface area contributed by atoms with Crippen molar-refractivity contribution in [1.82, 2.24) is 0 Å². The predicted molar refractivity (Wildman–Crippen MR) is 99.7 cm³/mol. The zero-order valence-corrected chi connectivity index (χ0v) is 14.3. The first-order valence-corrected chi connectivity index (χ1v) is 8.45. The molecule has 0 amide bonds. The molecule has 0 spiro atoms. The fourth-order valence-corrected chi connectivity index (χ4v) is 2.50. The lowest BCUT2D eigenvalue weighted by Crippen LogP contribution is -1.99. The highest BCUT2D eigenvalue weighted by atomic mass is 16.5. The van der Waals surface area contributed by atoms with Crippen molar-refractivity contribution in [3.05, 3.63) is 90.0 Å². The average Bonchev–Trinajstić information content (AvgIpc) is 2.67. The van der Waals surface area contributed by atoms with E-state index >= 15 is 0 Å². The summed E-state index contributed by atoms with van der Waals surface area (Å²) < 4.78 is 11.8. The minimum Gasteiger partial charge on any atom is -0.489 e. The smallest absolute Gasteiger partial charge is 0.303 e. The molecular formula is C22H20O4. The van der Waals surface area contributed by atoms with Gasteiger partial charge in [0.25, 0.3) is 0 Å². The van der Waals surface area contributed by atoms with Gasteiger partial charge in [-0.2, -0.15) is 0 Å². The summed E-state index contributed by atoms with van der Waals surface area (Å²) in [6, 6.07) is 24.9. The lowest BCUT2D eigenvalue weighted by atomic mass is 10.1. The van der Waals surface area contributed by atoms with E-state index in [9.17, 15) is 4.79 Å². The second kappa shape index (κ2) is 8.72. The van der Waals surface area contributed by atoms with Crippen LogP contribution >= 0.6 is 0 Å². The molecule has 26 heavy (non-hydrogen) atoms. The third-order valence-corrected chi connectivity index (χ3v) is 3.89. The van der Waals surface area contributed by atoms with E-state index in [1.165, 1.54) is 0 Å². The Kier molecular flexibility index (Phi) is 5.88. The second-order valence-electron chi connectivity index (χ2n) is 5.85. The molecule has 0 aliphatic rings. The fraction of sp³-hybridized carbons (Fsp3) is 0.136. The van der Waals surface area contributed by atoms with Crippen LogP contribution in [0.15, 0.2) is 78.9 Å². The van der Waals surface area contributed by atoms with Crippen molar-refractivity contribution in [2.24, 2.45) is 0 Å². The summed E-state index contributed by atoms with van der Waals surface area (Å²) in [6.07, 6.45) is 0.647. The number of ether oxygens (including phenoxy) is 2. The number of carboxylic acid groups (broad SMARTS) is 1. The van der Waals surface area contributed by atoms with Crippen LogP contribution in [0.5, 0.6) is 17.2 Å². The number of aryl methyl sites for hydroxylation is 1. The summed E-state index contributed by atoms with van der Waals surface area (Å²) in [4.78, 5) is 10.6. The molecule has 3 aromatic rings. The van der Waals surface area contributed by atoms with E-state index in [0.717, 1.165) is 28.4 Å². The molecule has 0 unspecified atom stereocenters. The summed E-state index contributed by atoms with van der Waals surface area (Å²) >= 11 is 0. The van der Waals surface area contributed by atoms with Gasteiger partial charge in [0.15, 0.2) is 0 Å². The molecular weight excluding hydrogens is 328 g/mol. The Morgan fingerprint density at radius 3 is 2.23 bits per heavy atom. The lowest BCUT2D eigenvalue weighted by Gasteiger charge is -2.12. The summed E-state index contributed by atoms with van der Waals surface area (Å²) in [5.41, 5.74) is 1.93. The van der Waals surface area contributed by atoms with Crippen LogP contribution < -0.4 is 9.47 Å². The molecule has 0 atom stereocenters. The van der Waals surface area contributed by atoms with Gasteiger partial charge >= 0.3 is 5.97 Å². The predicted octanol–water partition coefficient (Wildman–Crippen LogP) is 5.08. The molecule has 0 heterocycles. The molecule has 0 aliphatic carbocycles. The van der Waals surface area contributed by atoms with Crippen LogP contribution in [0.4, 0.5) is 0 Å². The molecule has 3 aromatic carbocycles. The SMILES string of the molecule is O=C(O)CCc1ccc(OCc2ccccc2Oc2ccccc2)cc1. The lowest BCUT2D eigenvalue weighted by molar-refractivity contribution is -0.136. The van der Waals surface area contributed by atoms with Crippen LogP contribution in [0.1, 0.15) is 17.5 Å². The summed E-state index contributed by atoms with van der Waals surface area (Å²) in [7, 11) is 0. The Morgan fingerprint density at radius 2 is 1.50 bits per heavy atom. The Bertz CT molecular complexity index is 842. The highest BCUT2D eigenvalue weighted by Crippen LogP contribution is 2.26. The zero-order chi connectivity index (χ0) is 18.2. The van der Waals surface area contributed by atoms with Gasteiger partial charge in [0.2, 0.25) is 0 Å². The summed E-state index contributed by atoms with van der Waals surface area (Å²) in [5.74, 6) is 1.48. The first kappa shape index (κ1) is 17.5. The third kappa shape index (κ3) is 5.11. The van der Waals surface area contributed by atoms with E-state index in [4.69, 9.17) is 14.6 Å². The standard InChI is InChI=1S/C22H20O4/c23-22(24)15-12-17-10-13-19(14-11-17)25-16-18-6-4-5-9-21(18)26-20-7-2-1-3-8-20/h1-11,13-14H,12,15-16H2,(H,23,24). The minimum atomic E-state index is -0.791. The molecule has 0 bridgehead atoms. The molecule has 0 fully saturated rings. The molecule has 3 rings (SSSR count). The highest BCUT2D eigenvalue weighted by molar-refractivity contribution is 5.67. The van der Waals surface area contributed by atoms with Crippen LogP contribution in [-0.2, 0) is 17.8 Å². The molecule has 0 aromatic heterocycles. The number of hydrogen-bond donors (Lipinski definition) is 1. The maximum atomic E-state index is 10.6. The van der Waals surface area contributed by atoms with Gasteiger partial charge in [0, 0.05) is 12.0 Å². The monoisotopic (exact) mass is 348 g/mol. The van der Waals surface area contributed by atoms with E-state index in [1.54, 1.807) is 0 Å². The molecule has 4 nitrogen and oxygen atoms in total. The summed E-state index contributed by atoms with van der Waals surface area (Å²) in [6.45, 7) is 0.386. The number of hydrogen-bond acceptors (Lipinski definition) is 3. The van der Waals surface area contributed by atoms with E-state index in [2.05, 4.69) is 0 Å². The van der Waals surface area contributed by atoms with Crippen LogP contribution in [0.3, 0.4) is 0 Å². The van der Waals surface area contributed by atoms with Gasteiger partial charge in [-0.25, -0.2) is 0 Å². The number of aliphatic carboxylic acids is 1. The van der Waals surface area contributed by atoms with Gasteiger partial charge in [0.05, 0.1) is 0 Å². The average molecular weight is 348 g/mol.